The van der Waals surface area contributed by atoms with Gasteiger partial charge in [0.25, 0.3) is 5.69 Å². The minimum atomic E-state index is -0.512. The van der Waals surface area contributed by atoms with E-state index >= 15 is 0 Å². The zero-order valence-electron chi connectivity index (χ0n) is 8.95. The van der Waals surface area contributed by atoms with Gasteiger partial charge in [-0.3, -0.25) is 14.9 Å². The highest BCUT2D eigenvalue weighted by Gasteiger charge is 2.07. The molecule has 0 amide bonds. The van der Waals surface area contributed by atoms with Gasteiger partial charge in [-0.2, -0.15) is 5.10 Å². The van der Waals surface area contributed by atoms with Crippen molar-refractivity contribution < 1.29 is 9.72 Å². The van der Waals surface area contributed by atoms with E-state index in [0.29, 0.717) is 5.56 Å². The van der Waals surface area contributed by atoms with E-state index in [4.69, 9.17) is 0 Å². The molecule has 0 saturated carbocycles. The second-order valence-corrected chi connectivity index (χ2v) is 3.26. The summed E-state index contributed by atoms with van der Waals surface area (Å²) in [5.41, 5.74) is 0.331. The molecule has 16 heavy (non-hydrogen) atoms. The van der Waals surface area contributed by atoms with Crippen LogP contribution in [0.1, 0.15) is 10.4 Å². The highest BCUT2D eigenvalue weighted by atomic mass is 16.6. The maximum atomic E-state index is 11.5. The summed E-state index contributed by atoms with van der Waals surface area (Å²) in [7, 11) is 3.39. The Bertz CT molecular complexity index is 423. The Hall–Kier alpha value is -2.24. The normalized spacial score (nSPS) is 10.4. The van der Waals surface area contributed by atoms with Crippen molar-refractivity contribution in [3.8, 4) is 0 Å². The Labute approximate surface area is 92.3 Å². The fourth-order valence-electron chi connectivity index (χ4n) is 0.990. The number of nitro benzene ring substituents is 1. The molecule has 0 unspecified atom stereocenters. The fourth-order valence-corrected chi connectivity index (χ4v) is 0.990. The Balaban J connectivity index is 2.82. The number of ketones is 1. The van der Waals surface area contributed by atoms with Crippen molar-refractivity contribution in [3.63, 3.8) is 0 Å². The summed E-state index contributed by atoms with van der Waals surface area (Å²) in [5.74, 6) is -0.288. The van der Waals surface area contributed by atoms with E-state index in [2.05, 4.69) is 5.10 Å². The van der Waals surface area contributed by atoms with Gasteiger partial charge in [-0.25, -0.2) is 0 Å². The quantitative estimate of drug-likeness (QED) is 0.332. The Morgan fingerprint density at radius 1 is 1.38 bits per heavy atom. The first kappa shape index (κ1) is 11.8. The number of benzene rings is 1. The number of carbonyl (C=O) groups is 1. The van der Waals surface area contributed by atoms with Crippen LogP contribution < -0.4 is 0 Å². The molecule has 0 bridgehead atoms. The van der Waals surface area contributed by atoms with E-state index in [1.165, 1.54) is 35.5 Å². The van der Waals surface area contributed by atoms with Gasteiger partial charge >= 0.3 is 0 Å². The maximum Gasteiger partial charge on any atom is 0.269 e. The molecule has 84 valence electrons. The van der Waals surface area contributed by atoms with Crippen LogP contribution in [0.5, 0.6) is 0 Å². The van der Waals surface area contributed by atoms with E-state index in [-0.39, 0.29) is 11.5 Å². The molecular formula is C10H11N3O3. The number of non-ortho nitro benzene ring substituents is 1. The van der Waals surface area contributed by atoms with Crippen molar-refractivity contribution >= 4 is 17.7 Å². The Morgan fingerprint density at radius 3 is 2.38 bits per heavy atom. The number of nitrogens with zero attached hydrogens (tertiary/aromatic N) is 3. The number of rotatable bonds is 4. The average Bonchev–Trinajstić information content (AvgIpc) is 2.26. The zero-order valence-corrected chi connectivity index (χ0v) is 8.95. The van der Waals surface area contributed by atoms with Gasteiger partial charge in [0.05, 0.1) is 11.1 Å². The lowest BCUT2D eigenvalue weighted by atomic mass is 10.1. The number of nitro groups is 1. The third kappa shape index (κ3) is 3.16. The number of hydrazone groups is 1. The van der Waals surface area contributed by atoms with Gasteiger partial charge in [-0.15, -0.1) is 0 Å². The zero-order chi connectivity index (χ0) is 12.1. The lowest BCUT2D eigenvalue weighted by Gasteiger charge is -2.01. The van der Waals surface area contributed by atoms with Gasteiger partial charge in [-0.05, 0) is 12.1 Å². The Kier molecular flexibility index (Phi) is 3.71. The molecule has 0 aliphatic rings. The van der Waals surface area contributed by atoms with Crippen LogP contribution in [-0.2, 0) is 0 Å². The molecule has 0 aliphatic heterocycles. The predicted octanol–water partition coefficient (Wildman–Crippen LogP) is 1.32. The largest absolute Gasteiger partial charge is 0.303 e. The maximum absolute atomic E-state index is 11.5. The van der Waals surface area contributed by atoms with E-state index < -0.39 is 4.92 Å². The molecule has 1 aromatic rings. The van der Waals surface area contributed by atoms with Gasteiger partial charge in [0.2, 0.25) is 5.78 Å². The van der Waals surface area contributed by atoms with Crippen molar-refractivity contribution in [2.45, 2.75) is 0 Å². The fraction of sp³-hybridized carbons (Fsp3) is 0.200. The van der Waals surface area contributed by atoms with Gasteiger partial charge < -0.3 is 5.01 Å². The van der Waals surface area contributed by atoms with Crippen LogP contribution in [0.3, 0.4) is 0 Å². The van der Waals surface area contributed by atoms with Crippen molar-refractivity contribution in [1.82, 2.24) is 5.01 Å². The molecule has 6 heteroatoms. The summed E-state index contributed by atoms with van der Waals surface area (Å²) in [6, 6.07) is 5.39. The molecule has 0 spiro atoms. The molecule has 1 aromatic carbocycles. The highest BCUT2D eigenvalue weighted by Crippen LogP contribution is 2.11. The third-order valence-corrected chi connectivity index (χ3v) is 1.77. The molecule has 0 atom stereocenters. The third-order valence-electron chi connectivity index (χ3n) is 1.77. The molecule has 0 saturated heterocycles. The van der Waals surface area contributed by atoms with Gasteiger partial charge in [0.1, 0.15) is 0 Å². The van der Waals surface area contributed by atoms with Crippen molar-refractivity contribution in [2.24, 2.45) is 5.10 Å². The highest BCUT2D eigenvalue weighted by molar-refractivity contribution is 6.35. The second-order valence-electron chi connectivity index (χ2n) is 3.26. The number of hydrogen-bond acceptors (Lipinski definition) is 5. The molecule has 0 radical (unpaired) electrons. The molecule has 0 aromatic heterocycles. The first-order valence-corrected chi connectivity index (χ1v) is 4.51. The molecule has 0 aliphatic carbocycles. The smallest absolute Gasteiger partial charge is 0.269 e. The number of carbonyl (C=O) groups excluding carboxylic acids is 1. The SMILES string of the molecule is CN(C)N=CC(=O)c1ccc([N+](=O)[O-])cc1. The molecule has 0 N–H and O–H groups in total. The summed E-state index contributed by atoms with van der Waals surface area (Å²) < 4.78 is 0. The van der Waals surface area contributed by atoms with Crippen LogP contribution in [0.4, 0.5) is 5.69 Å². The lowest BCUT2D eigenvalue weighted by molar-refractivity contribution is -0.384. The molecule has 0 heterocycles. The summed E-state index contributed by atoms with van der Waals surface area (Å²) in [4.78, 5) is 21.4. The van der Waals surface area contributed by atoms with E-state index in [1.807, 2.05) is 0 Å². The summed E-state index contributed by atoms with van der Waals surface area (Å²) in [6.45, 7) is 0. The predicted molar refractivity (Wildman–Crippen MR) is 59.6 cm³/mol. The van der Waals surface area contributed by atoms with Crippen LogP contribution in [0.2, 0.25) is 0 Å². The van der Waals surface area contributed by atoms with Crippen molar-refractivity contribution in [2.75, 3.05) is 14.1 Å². The van der Waals surface area contributed by atoms with Crippen LogP contribution in [0, 0.1) is 10.1 Å². The van der Waals surface area contributed by atoms with E-state index in [1.54, 1.807) is 14.1 Å². The van der Waals surface area contributed by atoms with Crippen LogP contribution >= 0.6 is 0 Å². The summed E-state index contributed by atoms with van der Waals surface area (Å²) in [6.07, 6.45) is 1.17. The summed E-state index contributed by atoms with van der Waals surface area (Å²) >= 11 is 0. The van der Waals surface area contributed by atoms with Crippen LogP contribution in [-0.4, -0.2) is 36.0 Å². The lowest BCUT2D eigenvalue weighted by Crippen LogP contribution is -2.07. The number of hydrogen-bond donors (Lipinski definition) is 0. The average molecular weight is 221 g/mol. The Morgan fingerprint density at radius 2 is 1.94 bits per heavy atom. The van der Waals surface area contributed by atoms with Gasteiger partial charge in [-0.1, -0.05) is 0 Å². The van der Waals surface area contributed by atoms with E-state index in [9.17, 15) is 14.9 Å². The van der Waals surface area contributed by atoms with Gasteiger partial charge in [0.15, 0.2) is 0 Å². The minimum absolute atomic E-state index is 0.0406. The van der Waals surface area contributed by atoms with E-state index in [0.717, 1.165) is 0 Å². The minimum Gasteiger partial charge on any atom is -0.303 e. The molecule has 1 rings (SSSR count). The topological polar surface area (TPSA) is 75.8 Å². The first-order valence-electron chi connectivity index (χ1n) is 4.51. The monoisotopic (exact) mass is 221 g/mol. The van der Waals surface area contributed by atoms with Crippen molar-refractivity contribution in [1.29, 1.82) is 0 Å². The van der Waals surface area contributed by atoms with Crippen LogP contribution in [0.25, 0.3) is 0 Å². The number of Topliss-reactive ketones (excluding diaryl/α,β-unsaturated/α-hetero) is 1. The molecular weight excluding hydrogens is 210 g/mol. The standard InChI is InChI=1S/C10H11N3O3/c1-12(2)11-7-10(14)8-3-5-9(6-4-8)13(15)16/h3-7H,1-2H3. The van der Waals surface area contributed by atoms with Crippen molar-refractivity contribution in [3.05, 3.63) is 39.9 Å². The van der Waals surface area contributed by atoms with Crippen LogP contribution in [0.15, 0.2) is 29.4 Å². The second kappa shape index (κ2) is 5.01. The first-order chi connectivity index (χ1) is 7.50. The van der Waals surface area contributed by atoms with Gasteiger partial charge in [0, 0.05) is 31.8 Å². The molecule has 0 fully saturated rings. The summed E-state index contributed by atoms with van der Waals surface area (Å²) in [5, 5.41) is 15.7. The molecule has 6 nitrogen and oxygen atoms in total.